The molecule has 0 aromatic carbocycles. The van der Waals surface area contributed by atoms with Crippen molar-refractivity contribution in [1.29, 1.82) is 0 Å². The molecule has 78 valence electrons. The third-order valence-corrected chi connectivity index (χ3v) is 1.56. The molecule has 0 aliphatic heterocycles. The summed E-state index contributed by atoms with van der Waals surface area (Å²) in [5.41, 5.74) is 0. The molecule has 1 amide bonds. The van der Waals surface area contributed by atoms with Crippen LogP contribution in [0.2, 0.25) is 0 Å². The lowest BCUT2D eigenvalue weighted by molar-refractivity contribution is 0.147. The second-order valence-corrected chi connectivity index (χ2v) is 2.77. The average molecular weight is 188 g/mol. The van der Waals surface area contributed by atoms with Crippen LogP contribution in [0.25, 0.3) is 0 Å². The smallest absolute Gasteiger partial charge is 0.407 e. The number of carbonyl (C=O) groups is 1. The minimum absolute atomic E-state index is 0.314. The van der Waals surface area contributed by atoms with E-state index in [0.717, 1.165) is 25.9 Å². The Bertz CT molecular complexity index is 129. The first kappa shape index (κ1) is 12.2. The summed E-state index contributed by atoms with van der Waals surface area (Å²) in [4.78, 5) is 10.9. The number of likely N-dealkylation sites (N-methyl/N-ethyl adjacent to an activating group) is 1. The minimum Gasteiger partial charge on any atom is -0.448 e. The Balaban J connectivity index is 3.11. The van der Waals surface area contributed by atoms with Crippen LogP contribution >= 0.6 is 0 Å². The van der Waals surface area contributed by atoms with Crippen LogP contribution < -0.4 is 10.6 Å². The summed E-state index contributed by atoms with van der Waals surface area (Å²) in [7, 11) is 0. The molecule has 13 heavy (non-hydrogen) atoms. The number of carbonyl (C=O) groups excluding carboxylic acids is 1. The Morgan fingerprint density at radius 3 is 2.69 bits per heavy atom. The fourth-order valence-corrected chi connectivity index (χ4v) is 0.811. The predicted molar refractivity (Wildman–Crippen MR) is 52.8 cm³/mol. The molecule has 0 rings (SSSR count). The van der Waals surface area contributed by atoms with Crippen molar-refractivity contribution in [3.63, 3.8) is 0 Å². The van der Waals surface area contributed by atoms with Crippen molar-refractivity contribution in [2.75, 3.05) is 26.2 Å². The molecule has 4 heteroatoms. The van der Waals surface area contributed by atoms with E-state index in [2.05, 4.69) is 17.6 Å². The highest BCUT2D eigenvalue weighted by Crippen LogP contribution is 1.83. The van der Waals surface area contributed by atoms with Crippen LogP contribution in [0.3, 0.4) is 0 Å². The van der Waals surface area contributed by atoms with E-state index in [-0.39, 0.29) is 6.09 Å². The molecule has 0 heterocycles. The molecule has 2 N–H and O–H groups in total. The molecule has 0 aromatic heterocycles. The maximum Gasteiger partial charge on any atom is 0.407 e. The monoisotopic (exact) mass is 188 g/mol. The normalized spacial score (nSPS) is 9.69. The molecule has 0 fully saturated rings. The molecule has 0 saturated carbocycles. The summed E-state index contributed by atoms with van der Waals surface area (Å²) in [5.74, 6) is 0. The highest BCUT2D eigenvalue weighted by Gasteiger charge is 1.98. The quantitative estimate of drug-likeness (QED) is 0.589. The van der Waals surface area contributed by atoms with E-state index in [1.165, 1.54) is 0 Å². The van der Waals surface area contributed by atoms with Crippen molar-refractivity contribution >= 4 is 6.09 Å². The first-order valence-electron chi connectivity index (χ1n) is 4.92. The zero-order chi connectivity index (χ0) is 9.94. The molecule has 0 aromatic rings. The third-order valence-electron chi connectivity index (χ3n) is 1.56. The van der Waals surface area contributed by atoms with Crippen molar-refractivity contribution in [1.82, 2.24) is 10.6 Å². The molecule has 0 aliphatic carbocycles. The van der Waals surface area contributed by atoms with Crippen LogP contribution in [0.1, 0.15) is 26.7 Å². The Labute approximate surface area is 80.0 Å². The Morgan fingerprint density at radius 1 is 1.31 bits per heavy atom. The lowest BCUT2D eigenvalue weighted by Crippen LogP contribution is -2.28. The van der Waals surface area contributed by atoms with E-state index in [1.54, 1.807) is 0 Å². The number of hydrogen-bond donors (Lipinski definition) is 2. The van der Waals surface area contributed by atoms with Crippen LogP contribution in [0.4, 0.5) is 4.79 Å². The number of hydrogen-bond acceptors (Lipinski definition) is 3. The van der Waals surface area contributed by atoms with Crippen molar-refractivity contribution in [2.45, 2.75) is 26.7 Å². The van der Waals surface area contributed by atoms with Gasteiger partial charge in [0.25, 0.3) is 0 Å². The van der Waals surface area contributed by atoms with Gasteiger partial charge in [-0.05, 0) is 13.0 Å². The molecule has 0 unspecified atom stereocenters. The van der Waals surface area contributed by atoms with E-state index in [0.29, 0.717) is 13.2 Å². The lowest BCUT2D eigenvalue weighted by Gasteiger charge is -2.06. The maximum absolute atomic E-state index is 10.9. The third kappa shape index (κ3) is 9.14. The SMILES string of the molecule is CCCCNC(=O)OCCNCC. The van der Waals surface area contributed by atoms with Gasteiger partial charge in [0.2, 0.25) is 0 Å². The van der Waals surface area contributed by atoms with Crippen LogP contribution in [-0.2, 0) is 4.74 Å². The van der Waals surface area contributed by atoms with Gasteiger partial charge in [-0.2, -0.15) is 0 Å². The zero-order valence-electron chi connectivity index (χ0n) is 8.56. The maximum atomic E-state index is 10.9. The molecule has 0 atom stereocenters. The summed E-state index contributed by atoms with van der Waals surface area (Å²) in [6, 6.07) is 0. The van der Waals surface area contributed by atoms with Crippen LogP contribution in [0, 0.1) is 0 Å². The summed E-state index contributed by atoms with van der Waals surface area (Å²) in [5, 5.41) is 5.74. The van der Waals surface area contributed by atoms with Crippen molar-refractivity contribution in [2.24, 2.45) is 0 Å². The van der Waals surface area contributed by atoms with Gasteiger partial charge in [0.05, 0.1) is 0 Å². The molecule has 0 saturated heterocycles. The number of alkyl carbamates (subject to hydrolysis) is 1. The largest absolute Gasteiger partial charge is 0.448 e. The molecule has 0 bridgehead atoms. The fourth-order valence-electron chi connectivity index (χ4n) is 0.811. The van der Waals surface area contributed by atoms with Gasteiger partial charge in [-0.25, -0.2) is 4.79 Å². The number of ether oxygens (including phenoxy) is 1. The van der Waals surface area contributed by atoms with E-state index < -0.39 is 0 Å². The zero-order valence-corrected chi connectivity index (χ0v) is 8.56. The number of unbranched alkanes of at least 4 members (excludes halogenated alkanes) is 1. The summed E-state index contributed by atoms with van der Waals surface area (Å²) in [6.45, 7) is 6.86. The second-order valence-electron chi connectivity index (χ2n) is 2.77. The Kier molecular flexibility index (Phi) is 8.77. The summed E-state index contributed by atoms with van der Waals surface area (Å²) >= 11 is 0. The molecular weight excluding hydrogens is 168 g/mol. The Hall–Kier alpha value is -0.770. The lowest BCUT2D eigenvalue weighted by atomic mass is 10.3. The predicted octanol–water partition coefficient (Wildman–Crippen LogP) is 1.12. The summed E-state index contributed by atoms with van der Waals surface area (Å²) < 4.78 is 4.88. The van der Waals surface area contributed by atoms with Gasteiger partial charge in [0, 0.05) is 13.1 Å². The molecule has 0 radical (unpaired) electrons. The van der Waals surface area contributed by atoms with E-state index in [9.17, 15) is 4.79 Å². The van der Waals surface area contributed by atoms with Gasteiger partial charge in [-0.3, -0.25) is 0 Å². The second kappa shape index (κ2) is 9.32. The topological polar surface area (TPSA) is 50.4 Å². The van der Waals surface area contributed by atoms with Crippen LogP contribution in [0.5, 0.6) is 0 Å². The van der Waals surface area contributed by atoms with Gasteiger partial charge >= 0.3 is 6.09 Å². The van der Waals surface area contributed by atoms with E-state index >= 15 is 0 Å². The van der Waals surface area contributed by atoms with Gasteiger partial charge < -0.3 is 15.4 Å². The molecule has 0 spiro atoms. The van der Waals surface area contributed by atoms with Crippen LogP contribution in [0.15, 0.2) is 0 Å². The van der Waals surface area contributed by atoms with E-state index in [1.807, 2.05) is 6.92 Å². The van der Waals surface area contributed by atoms with Crippen molar-refractivity contribution < 1.29 is 9.53 Å². The minimum atomic E-state index is -0.314. The fraction of sp³-hybridized carbons (Fsp3) is 0.889. The number of amides is 1. The molecule has 4 nitrogen and oxygen atoms in total. The Morgan fingerprint density at radius 2 is 2.08 bits per heavy atom. The van der Waals surface area contributed by atoms with Gasteiger partial charge in [0.15, 0.2) is 0 Å². The van der Waals surface area contributed by atoms with Gasteiger partial charge in [-0.15, -0.1) is 0 Å². The first-order chi connectivity index (χ1) is 6.31. The van der Waals surface area contributed by atoms with Crippen LogP contribution in [-0.4, -0.2) is 32.3 Å². The van der Waals surface area contributed by atoms with Gasteiger partial charge in [0.1, 0.15) is 6.61 Å². The highest BCUT2D eigenvalue weighted by atomic mass is 16.5. The number of nitrogens with one attached hydrogen (secondary N) is 2. The van der Waals surface area contributed by atoms with E-state index in [4.69, 9.17) is 4.74 Å². The molecular formula is C9H20N2O2. The first-order valence-corrected chi connectivity index (χ1v) is 4.92. The molecule has 0 aliphatic rings. The van der Waals surface area contributed by atoms with Crippen molar-refractivity contribution in [3.05, 3.63) is 0 Å². The highest BCUT2D eigenvalue weighted by molar-refractivity contribution is 5.66. The number of rotatable bonds is 7. The standard InChI is InChI=1S/C9H20N2O2/c1-3-5-6-11-9(12)13-8-7-10-4-2/h10H,3-8H2,1-2H3,(H,11,12). The van der Waals surface area contributed by atoms with Gasteiger partial charge in [-0.1, -0.05) is 20.3 Å². The average Bonchev–Trinajstić information content (AvgIpc) is 2.13. The van der Waals surface area contributed by atoms with Crippen molar-refractivity contribution in [3.8, 4) is 0 Å². The summed E-state index contributed by atoms with van der Waals surface area (Å²) in [6.07, 6.45) is 1.77.